The Morgan fingerprint density at radius 1 is 1.60 bits per heavy atom. The Labute approximate surface area is 86.9 Å². The Morgan fingerprint density at radius 3 is 2.93 bits per heavy atom. The highest BCUT2D eigenvalue weighted by Crippen LogP contribution is 2.12. The average Bonchev–Trinajstić information content (AvgIpc) is 2.20. The van der Waals surface area contributed by atoms with Gasteiger partial charge in [-0.05, 0) is 19.2 Å². The number of benzene rings is 1. The molecule has 0 aromatic heterocycles. The predicted octanol–water partition coefficient (Wildman–Crippen LogP) is 1.09. The van der Waals surface area contributed by atoms with E-state index < -0.39 is 11.8 Å². The number of nitrogens with one attached hydrogen (secondary N) is 1. The molecule has 0 saturated carbocycles. The number of hydrogen-bond donors (Lipinski definition) is 2. The summed E-state index contributed by atoms with van der Waals surface area (Å²) in [5.74, 6) is 3.33. The number of carboxylic acid groups (broad SMARTS) is 1. The van der Waals surface area contributed by atoms with Crippen LogP contribution >= 0.6 is 0 Å². The molecule has 0 aliphatic heterocycles. The molecule has 0 fully saturated rings. The highest BCUT2D eigenvalue weighted by atomic mass is 19.1. The van der Waals surface area contributed by atoms with Crippen molar-refractivity contribution >= 4 is 5.97 Å². The van der Waals surface area contributed by atoms with Crippen LogP contribution in [0.4, 0.5) is 4.39 Å². The maximum atomic E-state index is 13.3. The molecular weight excluding hydrogens is 197 g/mol. The second kappa shape index (κ2) is 5.13. The van der Waals surface area contributed by atoms with Gasteiger partial charge >= 0.3 is 5.97 Å². The van der Waals surface area contributed by atoms with Crippen LogP contribution in [0.1, 0.15) is 15.9 Å². The maximum absolute atomic E-state index is 13.3. The first kappa shape index (κ1) is 11.2. The van der Waals surface area contributed by atoms with Crippen LogP contribution in [-0.2, 0) is 0 Å². The van der Waals surface area contributed by atoms with Crippen LogP contribution in [-0.4, -0.2) is 24.7 Å². The molecule has 0 radical (unpaired) electrons. The molecule has 3 nitrogen and oxygen atoms in total. The van der Waals surface area contributed by atoms with E-state index in [2.05, 4.69) is 17.2 Å². The molecule has 0 atom stereocenters. The first-order valence-electron chi connectivity index (χ1n) is 4.32. The van der Waals surface area contributed by atoms with Gasteiger partial charge in [-0.25, -0.2) is 9.18 Å². The summed E-state index contributed by atoms with van der Waals surface area (Å²) >= 11 is 0. The zero-order chi connectivity index (χ0) is 11.3. The molecule has 1 aromatic rings. The fourth-order valence-corrected chi connectivity index (χ4v) is 1.05. The zero-order valence-corrected chi connectivity index (χ0v) is 8.17. The van der Waals surface area contributed by atoms with Crippen molar-refractivity contribution in [2.24, 2.45) is 0 Å². The number of rotatable bonds is 2. The fourth-order valence-electron chi connectivity index (χ4n) is 1.05. The SMILES string of the molecule is CNCC#Cc1c(F)cccc1C(=O)O. The summed E-state index contributed by atoms with van der Waals surface area (Å²) in [4.78, 5) is 10.8. The van der Waals surface area contributed by atoms with Crippen molar-refractivity contribution in [3.63, 3.8) is 0 Å². The van der Waals surface area contributed by atoms with Crippen LogP contribution in [0.2, 0.25) is 0 Å². The van der Waals surface area contributed by atoms with Crippen LogP contribution in [0.25, 0.3) is 0 Å². The standard InChI is InChI=1S/C11H10FNO2/c1-13-7-3-5-8-9(11(14)15)4-2-6-10(8)12/h2,4,6,13H,7H2,1H3,(H,14,15). The van der Waals surface area contributed by atoms with Crippen molar-refractivity contribution in [2.45, 2.75) is 0 Å². The van der Waals surface area contributed by atoms with Gasteiger partial charge in [-0.3, -0.25) is 0 Å². The summed E-state index contributed by atoms with van der Waals surface area (Å²) in [6.45, 7) is 0.382. The Balaban J connectivity index is 3.15. The van der Waals surface area contributed by atoms with E-state index >= 15 is 0 Å². The molecular formula is C11H10FNO2. The van der Waals surface area contributed by atoms with Gasteiger partial charge in [0.05, 0.1) is 17.7 Å². The van der Waals surface area contributed by atoms with E-state index in [1.807, 2.05) is 0 Å². The van der Waals surface area contributed by atoms with Crippen LogP contribution < -0.4 is 5.32 Å². The molecule has 15 heavy (non-hydrogen) atoms. The topological polar surface area (TPSA) is 49.3 Å². The van der Waals surface area contributed by atoms with Crippen LogP contribution in [0.15, 0.2) is 18.2 Å². The number of aromatic carboxylic acids is 1. The molecule has 2 N–H and O–H groups in total. The lowest BCUT2D eigenvalue weighted by atomic mass is 10.1. The van der Waals surface area contributed by atoms with E-state index in [4.69, 9.17) is 5.11 Å². The van der Waals surface area contributed by atoms with Gasteiger partial charge in [0.25, 0.3) is 0 Å². The highest BCUT2D eigenvalue weighted by molar-refractivity contribution is 5.90. The quantitative estimate of drug-likeness (QED) is 0.714. The van der Waals surface area contributed by atoms with Gasteiger partial charge in [-0.2, -0.15) is 0 Å². The first-order valence-corrected chi connectivity index (χ1v) is 4.32. The van der Waals surface area contributed by atoms with Gasteiger partial charge in [0, 0.05) is 0 Å². The first-order chi connectivity index (χ1) is 7.16. The van der Waals surface area contributed by atoms with E-state index in [0.717, 1.165) is 0 Å². The molecule has 0 saturated heterocycles. The van der Waals surface area contributed by atoms with E-state index in [9.17, 15) is 9.18 Å². The average molecular weight is 207 g/mol. The van der Waals surface area contributed by atoms with Crippen LogP contribution in [0, 0.1) is 17.7 Å². The Kier molecular flexibility index (Phi) is 3.83. The van der Waals surface area contributed by atoms with Gasteiger partial charge in [0.2, 0.25) is 0 Å². The lowest BCUT2D eigenvalue weighted by Crippen LogP contribution is -2.06. The molecule has 0 bridgehead atoms. The third kappa shape index (κ3) is 2.79. The maximum Gasteiger partial charge on any atom is 0.337 e. The van der Waals surface area contributed by atoms with E-state index in [-0.39, 0.29) is 11.1 Å². The Hall–Kier alpha value is -1.86. The predicted molar refractivity (Wildman–Crippen MR) is 54.2 cm³/mol. The smallest absolute Gasteiger partial charge is 0.337 e. The van der Waals surface area contributed by atoms with Gasteiger partial charge in [0.1, 0.15) is 5.82 Å². The number of hydrogen-bond acceptors (Lipinski definition) is 2. The van der Waals surface area contributed by atoms with Crippen molar-refractivity contribution in [3.8, 4) is 11.8 Å². The van der Waals surface area contributed by atoms with Gasteiger partial charge in [0.15, 0.2) is 0 Å². The Bertz CT molecular complexity index is 432. The van der Waals surface area contributed by atoms with Crippen molar-refractivity contribution in [3.05, 3.63) is 35.1 Å². The fraction of sp³-hybridized carbons (Fsp3) is 0.182. The van der Waals surface area contributed by atoms with E-state index in [0.29, 0.717) is 6.54 Å². The molecule has 78 valence electrons. The van der Waals surface area contributed by atoms with E-state index in [1.165, 1.54) is 18.2 Å². The summed E-state index contributed by atoms with van der Waals surface area (Å²) in [6, 6.07) is 3.87. The summed E-state index contributed by atoms with van der Waals surface area (Å²) in [5, 5.41) is 11.6. The van der Waals surface area contributed by atoms with Gasteiger partial charge in [-0.1, -0.05) is 17.9 Å². The molecule has 0 aliphatic carbocycles. The van der Waals surface area contributed by atoms with Crippen molar-refractivity contribution in [2.75, 3.05) is 13.6 Å². The minimum Gasteiger partial charge on any atom is -0.478 e. The number of carbonyl (C=O) groups is 1. The van der Waals surface area contributed by atoms with Crippen LogP contribution in [0.3, 0.4) is 0 Å². The third-order valence-electron chi connectivity index (χ3n) is 1.72. The summed E-state index contributed by atoms with van der Waals surface area (Å²) in [6.07, 6.45) is 0. The summed E-state index contributed by atoms with van der Waals surface area (Å²) < 4.78 is 13.3. The van der Waals surface area contributed by atoms with Gasteiger partial charge < -0.3 is 10.4 Å². The summed E-state index contributed by atoms with van der Waals surface area (Å²) in [7, 11) is 1.70. The second-order valence-corrected chi connectivity index (χ2v) is 2.80. The van der Waals surface area contributed by atoms with Crippen LogP contribution in [0.5, 0.6) is 0 Å². The highest BCUT2D eigenvalue weighted by Gasteiger charge is 2.11. The lowest BCUT2D eigenvalue weighted by molar-refractivity contribution is 0.0696. The van der Waals surface area contributed by atoms with Crippen molar-refractivity contribution in [1.82, 2.24) is 5.32 Å². The lowest BCUT2D eigenvalue weighted by Gasteiger charge is -1.99. The molecule has 0 amide bonds. The minimum atomic E-state index is -1.18. The number of carboxylic acids is 1. The normalized spacial score (nSPS) is 9.20. The molecule has 0 aliphatic rings. The Morgan fingerprint density at radius 2 is 2.33 bits per heavy atom. The molecule has 0 heterocycles. The molecule has 1 aromatic carbocycles. The third-order valence-corrected chi connectivity index (χ3v) is 1.72. The molecule has 4 heteroatoms. The summed E-state index contributed by atoms with van der Waals surface area (Å²) in [5.41, 5.74) is -0.182. The van der Waals surface area contributed by atoms with Crippen molar-refractivity contribution < 1.29 is 14.3 Å². The molecule has 0 spiro atoms. The number of halogens is 1. The monoisotopic (exact) mass is 207 g/mol. The molecule has 0 unspecified atom stereocenters. The van der Waals surface area contributed by atoms with E-state index in [1.54, 1.807) is 7.05 Å². The zero-order valence-electron chi connectivity index (χ0n) is 8.17. The second-order valence-electron chi connectivity index (χ2n) is 2.80. The minimum absolute atomic E-state index is 0.0692. The van der Waals surface area contributed by atoms with Gasteiger partial charge in [-0.15, -0.1) is 0 Å². The van der Waals surface area contributed by atoms with Crippen molar-refractivity contribution in [1.29, 1.82) is 0 Å². The molecule has 1 rings (SSSR count). The largest absolute Gasteiger partial charge is 0.478 e.